The second-order valence-corrected chi connectivity index (χ2v) is 7.17. The van der Waals surface area contributed by atoms with Crippen LogP contribution in [0.2, 0.25) is 0 Å². The summed E-state index contributed by atoms with van der Waals surface area (Å²) in [4.78, 5) is 37.7. The predicted octanol–water partition coefficient (Wildman–Crippen LogP) is 3.85. The van der Waals surface area contributed by atoms with Crippen molar-refractivity contribution in [2.75, 3.05) is 6.54 Å². The van der Waals surface area contributed by atoms with Crippen LogP contribution in [0.25, 0.3) is 6.08 Å². The number of imide groups is 1. The molecule has 140 valence electrons. The van der Waals surface area contributed by atoms with Crippen LogP contribution < -0.4 is 4.74 Å². The summed E-state index contributed by atoms with van der Waals surface area (Å²) in [6, 6.07) is 7.28. The first-order valence-electron chi connectivity index (χ1n) is 8.52. The summed E-state index contributed by atoms with van der Waals surface area (Å²) in [5.74, 6) is -0.461. The van der Waals surface area contributed by atoms with Crippen molar-refractivity contribution in [3.05, 3.63) is 34.7 Å². The first kappa shape index (κ1) is 20.0. The Morgan fingerprint density at radius 3 is 2.58 bits per heavy atom. The summed E-state index contributed by atoms with van der Waals surface area (Å²) in [5.41, 5.74) is 0.703. The van der Waals surface area contributed by atoms with Gasteiger partial charge in [-0.3, -0.25) is 19.3 Å². The van der Waals surface area contributed by atoms with Gasteiger partial charge in [0.2, 0.25) is 0 Å². The molecule has 0 radical (unpaired) electrons. The number of carbonyl (C=O) groups excluding carboxylic acids is 3. The molecule has 0 N–H and O–H groups in total. The molecule has 2 rings (SSSR count). The smallest absolute Gasteiger partial charge is 0.326 e. The zero-order valence-electron chi connectivity index (χ0n) is 15.4. The van der Waals surface area contributed by atoms with Crippen LogP contribution in [0.15, 0.2) is 29.2 Å². The fourth-order valence-electron chi connectivity index (χ4n) is 2.21. The molecule has 1 aromatic carbocycles. The van der Waals surface area contributed by atoms with E-state index >= 15 is 0 Å². The number of thioether (sulfide) groups is 1. The van der Waals surface area contributed by atoms with Crippen LogP contribution in [-0.2, 0) is 14.3 Å². The Hall–Kier alpha value is -2.28. The Labute approximate surface area is 157 Å². The normalized spacial score (nSPS) is 17.1. The van der Waals surface area contributed by atoms with Crippen LogP contribution >= 0.6 is 11.8 Å². The highest BCUT2D eigenvalue weighted by Crippen LogP contribution is 2.34. The molecule has 2 amide bonds. The van der Waals surface area contributed by atoms with Gasteiger partial charge in [0.1, 0.15) is 12.3 Å². The van der Waals surface area contributed by atoms with Crippen molar-refractivity contribution >= 4 is 35.0 Å². The first-order valence-corrected chi connectivity index (χ1v) is 9.34. The van der Waals surface area contributed by atoms with Gasteiger partial charge < -0.3 is 9.47 Å². The molecule has 1 aliphatic heterocycles. The van der Waals surface area contributed by atoms with E-state index in [9.17, 15) is 14.4 Å². The molecule has 1 aromatic rings. The molecule has 1 heterocycles. The molecule has 0 aliphatic carbocycles. The highest BCUT2D eigenvalue weighted by molar-refractivity contribution is 8.18. The summed E-state index contributed by atoms with van der Waals surface area (Å²) in [6.45, 7) is 7.09. The van der Waals surface area contributed by atoms with E-state index in [0.717, 1.165) is 16.7 Å². The van der Waals surface area contributed by atoms with Gasteiger partial charge in [0.05, 0.1) is 17.1 Å². The van der Waals surface area contributed by atoms with Crippen LogP contribution in [0.1, 0.15) is 39.7 Å². The maximum atomic E-state index is 12.5. The van der Waals surface area contributed by atoms with Gasteiger partial charge >= 0.3 is 5.97 Å². The highest BCUT2D eigenvalue weighted by atomic mass is 32.2. The van der Waals surface area contributed by atoms with E-state index in [4.69, 9.17) is 9.47 Å². The molecule has 0 spiro atoms. The highest BCUT2D eigenvalue weighted by Gasteiger charge is 2.37. The van der Waals surface area contributed by atoms with Crippen LogP contribution in [0.5, 0.6) is 5.75 Å². The van der Waals surface area contributed by atoms with Crippen molar-refractivity contribution in [3.63, 3.8) is 0 Å². The third kappa shape index (κ3) is 5.11. The largest absolute Gasteiger partial charge is 0.490 e. The van der Waals surface area contributed by atoms with Crippen molar-refractivity contribution in [2.45, 2.75) is 46.3 Å². The molecule has 7 heteroatoms. The lowest BCUT2D eigenvalue weighted by atomic mass is 10.2. The third-order valence-electron chi connectivity index (χ3n) is 3.64. The number of amides is 2. The van der Waals surface area contributed by atoms with Crippen molar-refractivity contribution in [3.8, 4) is 5.75 Å². The van der Waals surface area contributed by atoms with Gasteiger partial charge in [0.25, 0.3) is 11.1 Å². The van der Waals surface area contributed by atoms with E-state index in [2.05, 4.69) is 0 Å². The number of hydrogen-bond donors (Lipinski definition) is 0. The van der Waals surface area contributed by atoms with E-state index in [1.165, 1.54) is 0 Å². The average molecular weight is 377 g/mol. The lowest BCUT2D eigenvalue weighted by Crippen LogP contribution is -2.35. The Balaban J connectivity index is 2.16. The van der Waals surface area contributed by atoms with Gasteiger partial charge in [-0.05, 0) is 51.1 Å². The van der Waals surface area contributed by atoms with Crippen molar-refractivity contribution < 1.29 is 23.9 Å². The van der Waals surface area contributed by atoms with Crippen LogP contribution in [0, 0.1) is 0 Å². The Bertz CT molecular complexity index is 728. The summed E-state index contributed by atoms with van der Waals surface area (Å²) in [6.07, 6.45) is 2.01. The monoisotopic (exact) mass is 377 g/mol. The molecule has 1 aliphatic rings. The molecule has 1 fully saturated rings. The molecular weight excluding hydrogens is 354 g/mol. The second kappa shape index (κ2) is 8.89. The first-order chi connectivity index (χ1) is 12.3. The van der Waals surface area contributed by atoms with Gasteiger partial charge in [-0.25, -0.2) is 0 Å². The SMILES string of the molecule is CC[C@H](C)OC(=O)CN1C(=O)S/C(=C\c2ccccc2OC(C)C)C1=O. The lowest BCUT2D eigenvalue weighted by Gasteiger charge is -2.15. The minimum Gasteiger partial charge on any atom is -0.490 e. The zero-order chi connectivity index (χ0) is 19.3. The van der Waals surface area contributed by atoms with Gasteiger partial charge in [-0.2, -0.15) is 0 Å². The van der Waals surface area contributed by atoms with Gasteiger partial charge in [0, 0.05) is 5.56 Å². The summed E-state index contributed by atoms with van der Waals surface area (Å²) in [5, 5.41) is -0.482. The number of benzene rings is 1. The maximum absolute atomic E-state index is 12.5. The second-order valence-electron chi connectivity index (χ2n) is 6.18. The number of para-hydroxylation sites is 1. The number of hydrogen-bond acceptors (Lipinski definition) is 6. The minimum atomic E-state index is -0.591. The molecule has 6 nitrogen and oxygen atoms in total. The molecule has 0 bridgehead atoms. The topological polar surface area (TPSA) is 72.9 Å². The average Bonchev–Trinajstić information content (AvgIpc) is 2.83. The fourth-order valence-corrected chi connectivity index (χ4v) is 3.04. The number of nitrogens with zero attached hydrogens (tertiary/aromatic N) is 1. The Morgan fingerprint density at radius 2 is 1.92 bits per heavy atom. The molecule has 1 saturated heterocycles. The Kier molecular flexibility index (Phi) is 6.85. The maximum Gasteiger partial charge on any atom is 0.326 e. The van der Waals surface area contributed by atoms with E-state index < -0.39 is 17.1 Å². The lowest BCUT2D eigenvalue weighted by molar-refractivity contribution is -0.150. The number of esters is 1. The molecule has 0 unspecified atom stereocenters. The number of ether oxygens (including phenoxy) is 2. The van der Waals surface area contributed by atoms with E-state index in [0.29, 0.717) is 17.7 Å². The number of rotatable bonds is 7. The fraction of sp³-hybridized carbons (Fsp3) is 0.421. The molecule has 1 atom stereocenters. The van der Waals surface area contributed by atoms with E-state index in [1.54, 1.807) is 19.1 Å². The predicted molar refractivity (Wildman–Crippen MR) is 101 cm³/mol. The van der Waals surface area contributed by atoms with Gasteiger partial charge in [0.15, 0.2) is 0 Å². The van der Waals surface area contributed by atoms with Crippen molar-refractivity contribution in [1.82, 2.24) is 4.90 Å². The van der Waals surface area contributed by atoms with Crippen LogP contribution in [-0.4, -0.2) is 40.8 Å². The van der Waals surface area contributed by atoms with Gasteiger partial charge in [-0.1, -0.05) is 25.1 Å². The van der Waals surface area contributed by atoms with Crippen LogP contribution in [0.3, 0.4) is 0 Å². The number of carbonyl (C=O) groups is 3. The van der Waals surface area contributed by atoms with E-state index in [1.807, 2.05) is 39.0 Å². The van der Waals surface area contributed by atoms with E-state index in [-0.39, 0.29) is 23.7 Å². The third-order valence-corrected chi connectivity index (χ3v) is 4.54. The Morgan fingerprint density at radius 1 is 1.23 bits per heavy atom. The summed E-state index contributed by atoms with van der Waals surface area (Å²) < 4.78 is 10.9. The van der Waals surface area contributed by atoms with Crippen molar-refractivity contribution in [2.24, 2.45) is 0 Å². The van der Waals surface area contributed by atoms with Crippen molar-refractivity contribution in [1.29, 1.82) is 0 Å². The standard InChI is InChI=1S/C19H23NO5S/c1-5-13(4)25-17(21)11-20-18(22)16(26-19(20)23)10-14-8-6-7-9-15(14)24-12(2)3/h6-10,12-13H,5,11H2,1-4H3/b16-10-/t13-/m0/s1. The molecule has 0 aromatic heterocycles. The summed E-state index contributed by atoms with van der Waals surface area (Å²) >= 11 is 0.806. The van der Waals surface area contributed by atoms with Crippen LogP contribution in [0.4, 0.5) is 4.79 Å². The minimum absolute atomic E-state index is 0.0186. The molecule has 26 heavy (non-hydrogen) atoms. The molecular formula is C19H23NO5S. The molecule has 0 saturated carbocycles. The summed E-state index contributed by atoms with van der Waals surface area (Å²) in [7, 11) is 0. The zero-order valence-corrected chi connectivity index (χ0v) is 16.2. The van der Waals surface area contributed by atoms with Gasteiger partial charge in [-0.15, -0.1) is 0 Å². The quantitative estimate of drug-likeness (QED) is 0.531.